The Labute approximate surface area is 108 Å². The quantitative estimate of drug-likeness (QED) is 0.895. The van der Waals surface area contributed by atoms with Gasteiger partial charge >= 0.3 is 0 Å². The van der Waals surface area contributed by atoms with E-state index in [1.165, 1.54) is 12.2 Å². The summed E-state index contributed by atoms with van der Waals surface area (Å²) in [5, 5.41) is 14.8. The maximum absolute atomic E-state index is 10.4. The van der Waals surface area contributed by atoms with Crippen molar-refractivity contribution in [1.29, 1.82) is 0 Å². The Bertz CT molecular complexity index is 383. The van der Waals surface area contributed by atoms with Crippen LogP contribution in [0.2, 0.25) is 0 Å². The maximum Gasteiger partial charge on any atom is 0.0739 e. The molecule has 1 aliphatic heterocycles. The smallest absolute Gasteiger partial charge is 0.0739 e. The summed E-state index contributed by atoms with van der Waals surface area (Å²) in [4.78, 5) is 0. The molecule has 17 heavy (non-hydrogen) atoms. The van der Waals surface area contributed by atoms with Crippen molar-refractivity contribution in [1.82, 2.24) is 9.78 Å². The van der Waals surface area contributed by atoms with Gasteiger partial charge in [-0.1, -0.05) is 6.92 Å². The predicted molar refractivity (Wildman–Crippen MR) is 72.4 cm³/mol. The third-order valence-corrected chi connectivity index (χ3v) is 5.37. The van der Waals surface area contributed by atoms with Gasteiger partial charge in [0.25, 0.3) is 0 Å². The third kappa shape index (κ3) is 2.68. The Morgan fingerprint density at radius 2 is 2.41 bits per heavy atom. The molecule has 96 valence electrons. The summed E-state index contributed by atoms with van der Waals surface area (Å²) in [7, 11) is 1.96. The highest BCUT2D eigenvalue weighted by Crippen LogP contribution is 2.41. The van der Waals surface area contributed by atoms with Crippen molar-refractivity contribution in [2.45, 2.75) is 50.4 Å². The van der Waals surface area contributed by atoms with Crippen molar-refractivity contribution in [3.05, 3.63) is 17.5 Å². The van der Waals surface area contributed by atoms with E-state index >= 15 is 0 Å². The van der Waals surface area contributed by atoms with Crippen LogP contribution in [0.5, 0.6) is 0 Å². The van der Waals surface area contributed by atoms with E-state index in [9.17, 15) is 5.11 Å². The summed E-state index contributed by atoms with van der Waals surface area (Å²) in [5.74, 6) is 1.18. The maximum atomic E-state index is 10.4. The number of thioether (sulfide) groups is 1. The molecule has 2 atom stereocenters. The molecule has 0 radical (unpaired) electrons. The van der Waals surface area contributed by atoms with Crippen LogP contribution in [-0.4, -0.2) is 31.5 Å². The van der Waals surface area contributed by atoms with E-state index in [1.54, 1.807) is 0 Å². The van der Waals surface area contributed by atoms with Gasteiger partial charge in [-0.25, -0.2) is 0 Å². The van der Waals surface area contributed by atoms with E-state index in [0.29, 0.717) is 6.42 Å². The van der Waals surface area contributed by atoms with E-state index < -0.39 is 0 Å². The van der Waals surface area contributed by atoms with Gasteiger partial charge in [-0.05, 0) is 38.0 Å². The van der Waals surface area contributed by atoms with Gasteiger partial charge in [0, 0.05) is 23.9 Å². The number of aryl methyl sites for hydroxylation is 2. The van der Waals surface area contributed by atoms with Gasteiger partial charge in [0.2, 0.25) is 0 Å². The van der Waals surface area contributed by atoms with Crippen molar-refractivity contribution < 1.29 is 5.11 Å². The van der Waals surface area contributed by atoms with Crippen LogP contribution in [0.4, 0.5) is 0 Å². The molecule has 0 bridgehead atoms. The minimum atomic E-state index is -0.268. The van der Waals surface area contributed by atoms with Gasteiger partial charge in [0.15, 0.2) is 0 Å². The molecule has 0 amide bonds. The largest absolute Gasteiger partial charge is 0.391 e. The van der Waals surface area contributed by atoms with Crippen molar-refractivity contribution in [3.8, 4) is 0 Å². The summed E-state index contributed by atoms with van der Waals surface area (Å²) in [6.45, 7) is 4.29. The lowest BCUT2D eigenvalue weighted by Gasteiger charge is -2.29. The standard InChI is InChI=1S/C13H22N2OS/c1-4-10-8-11(15(3)14-10)9-12(16)13(2)6-5-7-17-13/h8,12,16H,4-7,9H2,1-3H3. The van der Waals surface area contributed by atoms with Gasteiger partial charge in [-0.3, -0.25) is 4.68 Å². The van der Waals surface area contributed by atoms with Crippen LogP contribution in [0.1, 0.15) is 38.1 Å². The Balaban J connectivity index is 2.06. The van der Waals surface area contributed by atoms with Crippen molar-refractivity contribution in [3.63, 3.8) is 0 Å². The first-order valence-corrected chi connectivity index (χ1v) is 7.37. The number of hydrogen-bond donors (Lipinski definition) is 1. The molecular formula is C13H22N2OS. The van der Waals surface area contributed by atoms with Gasteiger partial charge < -0.3 is 5.11 Å². The van der Waals surface area contributed by atoms with Crippen molar-refractivity contribution >= 4 is 11.8 Å². The minimum absolute atomic E-state index is 0.0383. The van der Waals surface area contributed by atoms with Gasteiger partial charge in [0.05, 0.1) is 11.8 Å². The summed E-state index contributed by atoms with van der Waals surface area (Å²) < 4.78 is 1.95. The van der Waals surface area contributed by atoms with E-state index in [1.807, 2.05) is 23.5 Å². The number of hydrogen-bond acceptors (Lipinski definition) is 3. The fraction of sp³-hybridized carbons (Fsp3) is 0.769. The van der Waals surface area contributed by atoms with E-state index in [4.69, 9.17) is 0 Å². The summed E-state index contributed by atoms with van der Waals surface area (Å²) >= 11 is 1.91. The fourth-order valence-electron chi connectivity index (χ4n) is 2.41. The topological polar surface area (TPSA) is 38.0 Å². The van der Waals surface area contributed by atoms with Crippen molar-refractivity contribution in [2.24, 2.45) is 7.05 Å². The number of aliphatic hydroxyl groups is 1. The van der Waals surface area contributed by atoms with Gasteiger partial charge in [-0.2, -0.15) is 16.9 Å². The van der Waals surface area contributed by atoms with Crippen LogP contribution in [0.25, 0.3) is 0 Å². The Hall–Kier alpha value is -0.480. The van der Waals surface area contributed by atoms with Crippen LogP contribution in [0, 0.1) is 0 Å². The zero-order valence-electron chi connectivity index (χ0n) is 10.9. The van der Waals surface area contributed by atoms with Crippen LogP contribution in [-0.2, 0) is 19.9 Å². The van der Waals surface area contributed by atoms with E-state index in [-0.39, 0.29) is 10.9 Å². The predicted octanol–water partition coefficient (Wildman–Crippen LogP) is 2.17. The van der Waals surface area contributed by atoms with E-state index in [2.05, 4.69) is 25.0 Å². The minimum Gasteiger partial charge on any atom is -0.391 e. The Morgan fingerprint density at radius 3 is 2.94 bits per heavy atom. The number of aromatic nitrogens is 2. The molecule has 0 saturated carbocycles. The molecule has 0 spiro atoms. The molecule has 1 aliphatic rings. The summed E-state index contributed by atoms with van der Waals surface area (Å²) in [6, 6.07) is 2.12. The molecule has 1 aromatic heterocycles. The van der Waals surface area contributed by atoms with Crippen molar-refractivity contribution in [2.75, 3.05) is 5.75 Å². The monoisotopic (exact) mass is 254 g/mol. The first-order valence-electron chi connectivity index (χ1n) is 6.39. The Kier molecular flexibility index (Phi) is 3.83. The zero-order valence-corrected chi connectivity index (χ0v) is 11.8. The lowest BCUT2D eigenvalue weighted by atomic mass is 9.95. The highest BCUT2D eigenvalue weighted by atomic mass is 32.2. The molecule has 1 saturated heterocycles. The molecule has 0 aromatic carbocycles. The van der Waals surface area contributed by atoms with Crippen LogP contribution in [0.15, 0.2) is 6.07 Å². The molecule has 4 heteroatoms. The van der Waals surface area contributed by atoms with Crippen LogP contribution in [0.3, 0.4) is 0 Å². The Morgan fingerprint density at radius 1 is 1.65 bits per heavy atom. The highest BCUT2D eigenvalue weighted by molar-refractivity contribution is 8.00. The number of aliphatic hydroxyl groups excluding tert-OH is 1. The summed E-state index contributed by atoms with van der Waals surface area (Å²) in [5.41, 5.74) is 2.25. The lowest BCUT2D eigenvalue weighted by molar-refractivity contribution is 0.131. The third-order valence-electron chi connectivity index (χ3n) is 3.75. The highest BCUT2D eigenvalue weighted by Gasteiger charge is 2.37. The van der Waals surface area contributed by atoms with Crippen LogP contribution < -0.4 is 0 Å². The van der Waals surface area contributed by atoms with Gasteiger partial charge in [0.1, 0.15) is 0 Å². The molecule has 2 unspecified atom stereocenters. The normalized spacial score (nSPS) is 26.4. The SMILES string of the molecule is CCc1cc(CC(O)C2(C)CCCS2)n(C)n1. The molecule has 1 aromatic rings. The molecule has 1 N–H and O–H groups in total. The summed E-state index contributed by atoms with van der Waals surface area (Å²) in [6.07, 6.45) is 3.75. The average Bonchev–Trinajstić information content (AvgIpc) is 2.87. The fourth-order valence-corrected chi connectivity index (χ4v) is 3.73. The van der Waals surface area contributed by atoms with Gasteiger partial charge in [-0.15, -0.1) is 0 Å². The second-order valence-corrected chi connectivity index (χ2v) is 6.72. The second kappa shape index (κ2) is 5.02. The molecular weight excluding hydrogens is 232 g/mol. The lowest BCUT2D eigenvalue weighted by Crippen LogP contribution is -2.35. The molecule has 0 aliphatic carbocycles. The molecule has 2 rings (SSSR count). The molecule has 1 fully saturated rings. The average molecular weight is 254 g/mol. The van der Waals surface area contributed by atoms with Crippen LogP contribution >= 0.6 is 11.8 Å². The molecule has 2 heterocycles. The second-order valence-electron chi connectivity index (χ2n) is 5.09. The number of rotatable bonds is 4. The zero-order chi connectivity index (χ0) is 12.5. The first kappa shape index (κ1) is 13.0. The first-order chi connectivity index (χ1) is 8.05. The number of nitrogens with zero attached hydrogens (tertiary/aromatic N) is 2. The van der Waals surface area contributed by atoms with E-state index in [0.717, 1.165) is 24.2 Å². The molecule has 3 nitrogen and oxygen atoms in total.